The summed E-state index contributed by atoms with van der Waals surface area (Å²) in [6.45, 7) is 1.39. The fourth-order valence-corrected chi connectivity index (χ4v) is 2.89. The Morgan fingerprint density at radius 2 is 2.14 bits per heavy atom. The lowest BCUT2D eigenvalue weighted by Crippen LogP contribution is -2.38. The van der Waals surface area contributed by atoms with Crippen molar-refractivity contribution in [3.8, 4) is 0 Å². The van der Waals surface area contributed by atoms with E-state index >= 15 is 0 Å². The third kappa shape index (κ3) is 4.20. The second-order valence-corrected chi connectivity index (χ2v) is 6.07. The van der Waals surface area contributed by atoms with E-state index in [1.54, 1.807) is 0 Å². The number of carboxylic acids is 1. The van der Waals surface area contributed by atoms with E-state index in [4.69, 9.17) is 5.11 Å². The number of alkyl halides is 3. The largest absolute Gasteiger partial charge is 0.481 e. The number of carboxylic acid groups (broad SMARTS) is 1. The van der Waals surface area contributed by atoms with Gasteiger partial charge in [-0.1, -0.05) is 15.9 Å². The first-order valence-electron chi connectivity index (χ1n) is 6.58. The van der Waals surface area contributed by atoms with Crippen molar-refractivity contribution in [2.45, 2.75) is 25.6 Å². The summed E-state index contributed by atoms with van der Waals surface area (Å²) in [5.74, 6) is -1.29. The van der Waals surface area contributed by atoms with Gasteiger partial charge in [0.1, 0.15) is 0 Å². The molecule has 0 amide bonds. The van der Waals surface area contributed by atoms with Crippen LogP contribution < -0.4 is 0 Å². The summed E-state index contributed by atoms with van der Waals surface area (Å²) in [6.07, 6.45) is -3.01. The van der Waals surface area contributed by atoms with Crippen molar-refractivity contribution in [2.24, 2.45) is 5.92 Å². The highest BCUT2D eigenvalue weighted by atomic mass is 79.9. The number of carbonyl (C=O) groups is 1. The molecule has 0 radical (unpaired) electrons. The van der Waals surface area contributed by atoms with Gasteiger partial charge in [-0.15, -0.1) is 0 Å². The van der Waals surface area contributed by atoms with Gasteiger partial charge >= 0.3 is 12.1 Å². The third-order valence-corrected chi connectivity index (χ3v) is 4.40. The summed E-state index contributed by atoms with van der Waals surface area (Å²) < 4.78 is 38.8. The molecule has 1 aromatic carbocycles. The molecule has 3 nitrogen and oxygen atoms in total. The smallest absolute Gasteiger partial charge is 0.416 e. The summed E-state index contributed by atoms with van der Waals surface area (Å²) >= 11 is 3.26. The molecule has 1 aliphatic rings. The van der Waals surface area contributed by atoms with Crippen molar-refractivity contribution >= 4 is 21.9 Å². The first-order valence-corrected chi connectivity index (χ1v) is 7.37. The van der Waals surface area contributed by atoms with Gasteiger partial charge in [0.05, 0.1) is 11.5 Å². The normalized spacial score (nSPS) is 20.5. The maximum atomic E-state index is 12.7. The van der Waals surface area contributed by atoms with Gasteiger partial charge in [-0.05, 0) is 43.1 Å². The molecular weight excluding hydrogens is 351 g/mol. The molecule has 1 fully saturated rings. The highest BCUT2D eigenvalue weighted by Gasteiger charge is 2.31. The molecule has 1 heterocycles. The fraction of sp³-hybridized carbons (Fsp3) is 0.500. The minimum atomic E-state index is -4.37. The molecule has 1 unspecified atom stereocenters. The van der Waals surface area contributed by atoms with E-state index in [1.165, 1.54) is 6.07 Å². The van der Waals surface area contributed by atoms with Crippen LogP contribution in [0.1, 0.15) is 24.0 Å². The number of likely N-dealkylation sites (tertiary alicyclic amines) is 1. The minimum absolute atomic E-state index is 0.314. The topological polar surface area (TPSA) is 40.5 Å². The Morgan fingerprint density at radius 3 is 2.76 bits per heavy atom. The maximum absolute atomic E-state index is 12.7. The molecular formula is C14H15BrF3NO2. The zero-order chi connectivity index (χ0) is 15.6. The SMILES string of the molecule is O=C(O)C1CCCN(Cc2cc(C(F)(F)F)ccc2Br)C1. The van der Waals surface area contributed by atoms with Crippen LogP contribution in [0, 0.1) is 5.92 Å². The standard InChI is InChI=1S/C14H15BrF3NO2/c15-12-4-3-11(14(16,17)18)6-10(12)8-19-5-1-2-9(7-19)13(20)21/h3-4,6,9H,1-2,5,7-8H2,(H,20,21). The van der Waals surface area contributed by atoms with Gasteiger partial charge in [0, 0.05) is 17.6 Å². The Kier molecular flexibility index (Phi) is 4.93. The van der Waals surface area contributed by atoms with Crippen molar-refractivity contribution in [2.75, 3.05) is 13.1 Å². The first-order chi connectivity index (χ1) is 9.77. The molecule has 0 spiro atoms. The van der Waals surface area contributed by atoms with Gasteiger partial charge in [0.25, 0.3) is 0 Å². The number of aliphatic carboxylic acids is 1. The van der Waals surface area contributed by atoms with Crippen molar-refractivity contribution in [1.29, 1.82) is 0 Å². The van der Waals surface area contributed by atoms with Crippen LogP contribution >= 0.6 is 15.9 Å². The molecule has 0 aliphatic carbocycles. The molecule has 21 heavy (non-hydrogen) atoms. The van der Waals surface area contributed by atoms with E-state index in [-0.39, 0.29) is 0 Å². The van der Waals surface area contributed by atoms with Crippen LogP contribution in [0.4, 0.5) is 13.2 Å². The highest BCUT2D eigenvalue weighted by Crippen LogP contribution is 2.32. The zero-order valence-electron chi connectivity index (χ0n) is 11.2. The van der Waals surface area contributed by atoms with Crippen LogP contribution in [-0.2, 0) is 17.5 Å². The lowest BCUT2D eigenvalue weighted by atomic mass is 9.97. The monoisotopic (exact) mass is 365 g/mol. The number of piperidine rings is 1. The average Bonchev–Trinajstić information content (AvgIpc) is 2.40. The maximum Gasteiger partial charge on any atom is 0.416 e. The molecule has 1 atom stereocenters. The van der Waals surface area contributed by atoms with Gasteiger partial charge in [-0.3, -0.25) is 9.69 Å². The number of halogens is 4. The molecule has 116 valence electrons. The fourth-order valence-electron chi connectivity index (χ4n) is 2.51. The van der Waals surface area contributed by atoms with Gasteiger partial charge in [0.2, 0.25) is 0 Å². The summed E-state index contributed by atoms with van der Waals surface area (Å²) in [4.78, 5) is 12.9. The molecule has 1 aromatic rings. The van der Waals surface area contributed by atoms with Gasteiger partial charge in [-0.2, -0.15) is 13.2 Å². The Morgan fingerprint density at radius 1 is 1.43 bits per heavy atom. The average molecular weight is 366 g/mol. The first kappa shape index (κ1) is 16.3. The van der Waals surface area contributed by atoms with Crippen molar-refractivity contribution in [3.63, 3.8) is 0 Å². The summed E-state index contributed by atoms with van der Waals surface area (Å²) in [5.41, 5.74) is -0.164. The van der Waals surface area contributed by atoms with Gasteiger partial charge in [0.15, 0.2) is 0 Å². The quantitative estimate of drug-likeness (QED) is 0.886. The summed E-state index contributed by atoms with van der Waals surface area (Å²) in [6, 6.07) is 3.54. The number of hydrogen-bond donors (Lipinski definition) is 1. The predicted octanol–water partition coefficient (Wildman–Crippen LogP) is 3.76. The lowest BCUT2D eigenvalue weighted by Gasteiger charge is -2.31. The molecule has 0 bridgehead atoms. The van der Waals surface area contributed by atoms with Crippen LogP contribution in [0.15, 0.2) is 22.7 Å². The number of benzene rings is 1. The molecule has 1 N–H and O–H groups in total. The van der Waals surface area contributed by atoms with Gasteiger partial charge in [-0.25, -0.2) is 0 Å². The van der Waals surface area contributed by atoms with Crippen molar-refractivity contribution in [1.82, 2.24) is 4.90 Å². The van der Waals surface area contributed by atoms with E-state index in [2.05, 4.69) is 15.9 Å². The molecule has 0 saturated carbocycles. The zero-order valence-corrected chi connectivity index (χ0v) is 12.7. The molecule has 1 saturated heterocycles. The Hall–Kier alpha value is -1.08. The lowest BCUT2D eigenvalue weighted by molar-refractivity contribution is -0.143. The van der Waals surface area contributed by atoms with E-state index in [9.17, 15) is 18.0 Å². The van der Waals surface area contributed by atoms with Crippen LogP contribution in [0.3, 0.4) is 0 Å². The Balaban J connectivity index is 2.13. The van der Waals surface area contributed by atoms with Crippen LogP contribution in [-0.4, -0.2) is 29.1 Å². The number of hydrogen-bond acceptors (Lipinski definition) is 2. The predicted molar refractivity (Wildman–Crippen MR) is 74.8 cm³/mol. The van der Waals surface area contributed by atoms with Gasteiger partial charge < -0.3 is 5.11 Å². The summed E-state index contributed by atoms with van der Waals surface area (Å²) in [5, 5.41) is 9.04. The molecule has 0 aromatic heterocycles. The Labute approximate surface area is 128 Å². The molecule has 7 heteroatoms. The number of nitrogens with zero attached hydrogens (tertiary/aromatic N) is 1. The molecule has 1 aliphatic heterocycles. The van der Waals surface area contributed by atoms with Crippen molar-refractivity contribution < 1.29 is 23.1 Å². The van der Waals surface area contributed by atoms with E-state index in [0.717, 1.165) is 18.6 Å². The minimum Gasteiger partial charge on any atom is -0.481 e. The summed E-state index contributed by atoms with van der Waals surface area (Å²) in [7, 11) is 0. The second-order valence-electron chi connectivity index (χ2n) is 5.22. The third-order valence-electron chi connectivity index (χ3n) is 3.62. The Bertz CT molecular complexity index is 533. The second kappa shape index (κ2) is 6.36. The van der Waals surface area contributed by atoms with Crippen LogP contribution in [0.25, 0.3) is 0 Å². The van der Waals surface area contributed by atoms with E-state index in [0.29, 0.717) is 36.1 Å². The van der Waals surface area contributed by atoms with E-state index < -0.39 is 23.6 Å². The van der Waals surface area contributed by atoms with Crippen molar-refractivity contribution in [3.05, 3.63) is 33.8 Å². The molecule has 2 rings (SSSR count). The highest BCUT2D eigenvalue weighted by molar-refractivity contribution is 9.10. The van der Waals surface area contributed by atoms with E-state index in [1.807, 2.05) is 4.90 Å². The van der Waals surface area contributed by atoms with Crippen LogP contribution in [0.2, 0.25) is 0 Å². The number of rotatable bonds is 3. The van der Waals surface area contributed by atoms with Crippen LogP contribution in [0.5, 0.6) is 0 Å².